The molecule has 0 aliphatic carbocycles. The molecule has 2 saturated heterocycles. The molecule has 148 valence electrons. The Morgan fingerprint density at radius 3 is 2.33 bits per heavy atom. The SMILES string of the molecule is CN1CCN(C[C@@H]2CN(C(=O)CCC(=O)c3ccccc3)C[C@@H]2CO)CC1. The largest absolute Gasteiger partial charge is 0.396 e. The van der Waals surface area contributed by atoms with Gasteiger partial charge in [-0.2, -0.15) is 0 Å². The lowest BCUT2D eigenvalue weighted by molar-refractivity contribution is -0.130. The summed E-state index contributed by atoms with van der Waals surface area (Å²) in [5.41, 5.74) is 0.660. The minimum absolute atomic E-state index is 0.0100. The van der Waals surface area contributed by atoms with Gasteiger partial charge in [0.05, 0.1) is 0 Å². The van der Waals surface area contributed by atoms with E-state index in [1.54, 1.807) is 12.1 Å². The monoisotopic (exact) mass is 373 g/mol. The molecule has 1 aromatic carbocycles. The molecular weight excluding hydrogens is 342 g/mol. The van der Waals surface area contributed by atoms with Crippen molar-refractivity contribution in [2.75, 3.05) is 59.5 Å². The summed E-state index contributed by atoms with van der Waals surface area (Å²) in [4.78, 5) is 31.4. The maximum absolute atomic E-state index is 12.6. The van der Waals surface area contributed by atoms with Crippen LogP contribution in [0, 0.1) is 11.8 Å². The number of hydrogen-bond acceptors (Lipinski definition) is 5. The van der Waals surface area contributed by atoms with Gasteiger partial charge in [-0.1, -0.05) is 30.3 Å². The van der Waals surface area contributed by atoms with Crippen molar-refractivity contribution in [3.05, 3.63) is 35.9 Å². The van der Waals surface area contributed by atoms with Crippen molar-refractivity contribution in [2.24, 2.45) is 11.8 Å². The second kappa shape index (κ2) is 9.44. The Morgan fingerprint density at radius 1 is 1.00 bits per heavy atom. The number of rotatable bonds is 7. The molecule has 0 bridgehead atoms. The van der Waals surface area contributed by atoms with Gasteiger partial charge in [0.25, 0.3) is 0 Å². The molecule has 3 rings (SSSR count). The maximum atomic E-state index is 12.6. The molecule has 6 nitrogen and oxygen atoms in total. The number of Topliss-reactive ketones (excluding diaryl/α,β-unsaturated/α-hetero) is 1. The smallest absolute Gasteiger partial charge is 0.223 e. The van der Waals surface area contributed by atoms with Crippen LogP contribution in [-0.4, -0.2) is 91.0 Å². The molecule has 27 heavy (non-hydrogen) atoms. The summed E-state index contributed by atoms with van der Waals surface area (Å²) in [7, 11) is 2.14. The van der Waals surface area contributed by atoms with Crippen molar-refractivity contribution in [3.63, 3.8) is 0 Å². The number of carbonyl (C=O) groups is 2. The van der Waals surface area contributed by atoms with E-state index in [0.29, 0.717) is 24.6 Å². The summed E-state index contributed by atoms with van der Waals surface area (Å²) in [6.45, 7) is 6.58. The minimum Gasteiger partial charge on any atom is -0.396 e. The fourth-order valence-corrected chi connectivity index (χ4v) is 4.07. The van der Waals surface area contributed by atoms with E-state index in [1.165, 1.54) is 0 Å². The number of carbonyl (C=O) groups excluding carboxylic acids is 2. The van der Waals surface area contributed by atoms with Gasteiger partial charge in [-0.15, -0.1) is 0 Å². The lowest BCUT2D eigenvalue weighted by Crippen LogP contribution is -2.47. The Balaban J connectivity index is 1.48. The first kappa shape index (κ1) is 20.0. The summed E-state index contributed by atoms with van der Waals surface area (Å²) >= 11 is 0. The first-order valence-electron chi connectivity index (χ1n) is 9.94. The molecule has 2 atom stereocenters. The number of amides is 1. The molecule has 1 amide bonds. The molecule has 6 heteroatoms. The van der Waals surface area contributed by atoms with Crippen LogP contribution < -0.4 is 0 Å². The summed E-state index contributed by atoms with van der Waals surface area (Å²) in [5, 5.41) is 9.76. The zero-order valence-corrected chi connectivity index (χ0v) is 16.2. The highest BCUT2D eigenvalue weighted by Crippen LogP contribution is 2.25. The third kappa shape index (κ3) is 5.37. The third-order valence-electron chi connectivity index (χ3n) is 5.91. The Bertz CT molecular complexity index is 629. The van der Waals surface area contributed by atoms with Gasteiger partial charge in [0.15, 0.2) is 5.78 Å². The van der Waals surface area contributed by atoms with Crippen molar-refractivity contribution < 1.29 is 14.7 Å². The Morgan fingerprint density at radius 2 is 1.67 bits per heavy atom. The fraction of sp³-hybridized carbons (Fsp3) is 0.619. The quantitative estimate of drug-likeness (QED) is 0.722. The molecule has 1 aromatic rings. The molecule has 0 radical (unpaired) electrons. The number of hydrogen-bond donors (Lipinski definition) is 1. The number of likely N-dealkylation sites (N-methyl/N-ethyl adjacent to an activating group) is 1. The van der Waals surface area contributed by atoms with Crippen LogP contribution in [0.25, 0.3) is 0 Å². The molecular formula is C21H31N3O3. The lowest BCUT2D eigenvalue weighted by atomic mass is 9.96. The van der Waals surface area contributed by atoms with Gasteiger partial charge < -0.3 is 19.8 Å². The predicted octanol–water partition coefficient (Wildman–Crippen LogP) is 0.964. The average Bonchev–Trinajstić information content (AvgIpc) is 3.11. The minimum atomic E-state index is 0.0100. The standard InChI is InChI=1S/C21H31N3O3/c1-22-9-11-23(12-10-22)13-18-14-24(15-19(18)16-25)21(27)8-7-20(26)17-5-3-2-4-6-17/h2-6,18-19,25H,7-16H2,1H3/t18-,19-/m1/s1. The molecule has 1 N–H and O–H groups in total. The molecule has 0 aromatic heterocycles. The van der Waals surface area contributed by atoms with Gasteiger partial charge in [0.2, 0.25) is 5.91 Å². The van der Waals surface area contributed by atoms with Gasteiger partial charge in [0.1, 0.15) is 0 Å². The molecule has 2 heterocycles. The van der Waals surface area contributed by atoms with Crippen LogP contribution in [0.5, 0.6) is 0 Å². The number of likely N-dealkylation sites (tertiary alicyclic amines) is 1. The van der Waals surface area contributed by atoms with Crippen LogP contribution >= 0.6 is 0 Å². The normalized spacial score (nSPS) is 24.3. The zero-order valence-electron chi connectivity index (χ0n) is 16.2. The van der Waals surface area contributed by atoms with E-state index in [9.17, 15) is 14.7 Å². The Labute approximate surface area is 161 Å². The lowest BCUT2D eigenvalue weighted by Gasteiger charge is -2.34. The highest BCUT2D eigenvalue weighted by molar-refractivity contribution is 5.97. The number of benzene rings is 1. The number of piperazine rings is 1. The van der Waals surface area contributed by atoms with Gasteiger partial charge in [-0.25, -0.2) is 0 Å². The van der Waals surface area contributed by atoms with Crippen molar-refractivity contribution in [1.82, 2.24) is 14.7 Å². The van der Waals surface area contributed by atoms with Crippen molar-refractivity contribution in [2.45, 2.75) is 12.8 Å². The van der Waals surface area contributed by atoms with E-state index in [4.69, 9.17) is 0 Å². The van der Waals surface area contributed by atoms with Gasteiger partial charge in [-0.3, -0.25) is 9.59 Å². The topological polar surface area (TPSA) is 64.1 Å². The average molecular weight is 373 g/mol. The van der Waals surface area contributed by atoms with E-state index in [2.05, 4.69) is 16.8 Å². The van der Waals surface area contributed by atoms with Crippen molar-refractivity contribution in [1.29, 1.82) is 0 Å². The summed E-state index contributed by atoms with van der Waals surface area (Å²) in [5.74, 6) is 0.486. The van der Waals surface area contributed by atoms with E-state index in [1.807, 2.05) is 23.1 Å². The van der Waals surface area contributed by atoms with Crippen molar-refractivity contribution in [3.8, 4) is 0 Å². The molecule has 2 aliphatic rings. The number of aliphatic hydroxyl groups excluding tert-OH is 1. The predicted molar refractivity (Wildman–Crippen MR) is 105 cm³/mol. The third-order valence-corrected chi connectivity index (χ3v) is 5.91. The molecule has 0 unspecified atom stereocenters. The highest BCUT2D eigenvalue weighted by Gasteiger charge is 2.36. The molecule has 0 saturated carbocycles. The van der Waals surface area contributed by atoms with Crippen LogP contribution in [0.15, 0.2) is 30.3 Å². The molecule has 2 aliphatic heterocycles. The highest BCUT2D eigenvalue weighted by atomic mass is 16.3. The molecule has 0 spiro atoms. The van der Waals surface area contributed by atoms with E-state index in [-0.39, 0.29) is 37.1 Å². The summed E-state index contributed by atoms with van der Waals surface area (Å²) < 4.78 is 0. The fourth-order valence-electron chi connectivity index (χ4n) is 4.07. The van der Waals surface area contributed by atoms with Gasteiger partial charge in [-0.05, 0) is 13.0 Å². The second-order valence-electron chi connectivity index (χ2n) is 7.89. The summed E-state index contributed by atoms with van der Waals surface area (Å²) in [6.07, 6.45) is 0.485. The van der Waals surface area contributed by atoms with E-state index in [0.717, 1.165) is 32.7 Å². The Kier molecular flexibility index (Phi) is 6.99. The van der Waals surface area contributed by atoms with E-state index < -0.39 is 0 Å². The zero-order chi connectivity index (χ0) is 19.2. The Hall–Kier alpha value is -1.76. The number of nitrogens with zero attached hydrogens (tertiary/aromatic N) is 3. The van der Waals surface area contributed by atoms with Crippen LogP contribution in [0.2, 0.25) is 0 Å². The van der Waals surface area contributed by atoms with Crippen LogP contribution in [-0.2, 0) is 4.79 Å². The van der Waals surface area contributed by atoms with Gasteiger partial charge in [0, 0.05) is 76.7 Å². The first-order valence-corrected chi connectivity index (χ1v) is 9.94. The van der Waals surface area contributed by atoms with Crippen LogP contribution in [0.1, 0.15) is 23.2 Å². The molecule has 2 fully saturated rings. The summed E-state index contributed by atoms with van der Waals surface area (Å²) in [6, 6.07) is 9.13. The second-order valence-corrected chi connectivity index (χ2v) is 7.89. The number of ketones is 1. The van der Waals surface area contributed by atoms with Crippen LogP contribution in [0.4, 0.5) is 0 Å². The van der Waals surface area contributed by atoms with Gasteiger partial charge >= 0.3 is 0 Å². The maximum Gasteiger partial charge on any atom is 0.223 e. The first-order chi connectivity index (χ1) is 13.1. The number of aliphatic hydroxyl groups is 1. The van der Waals surface area contributed by atoms with Crippen molar-refractivity contribution >= 4 is 11.7 Å². The van der Waals surface area contributed by atoms with E-state index >= 15 is 0 Å². The van der Waals surface area contributed by atoms with Crippen LogP contribution in [0.3, 0.4) is 0 Å².